The summed E-state index contributed by atoms with van der Waals surface area (Å²) in [6.45, 7) is 5.36. The first-order chi connectivity index (χ1) is 9.16. The van der Waals surface area contributed by atoms with Gasteiger partial charge >= 0.3 is 0 Å². The van der Waals surface area contributed by atoms with Gasteiger partial charge < -0.3 is 14.6 Å². The Hall–Kier alpha value is -0.810. The minimum Gasteiger partial charge on any atom is -0.489 e. The van der Waals surface area contributed by atoms with Crippen LogP contribution in [-0.4, -0.2) is 49.0 Å². The van der Waals surface area contributed by atoms with Crippen LogP contribution in [0.25, 0.3) is 0 Å². The number of benzene rings is 1. The summed E-state index contributed by atoms with van der Waals surface area (Å²) in [5.74, 6) is 0.717. The van der Waals surface area contributed by atoms with Crippen LogP contribution in [-0.2, 0) is 4.74 Å². The van der Waals surface area contributed by atoms with Gasteiger partial charge in [-0.3, -0.25) is 4.90 Å². The molecule has 2 heterocycles. The zero-order valence-electron chi connectivity index (χ0n) is 10.9. The highest BCUT2D eigenvalue weighted by Gasteiger charge is 2.36. The van der Waals surface area contributed by atoms with E-state index in [2.05, 4.69) is 11.0 Å². The molecule has 2 unspecified atom stereocenters. The van der Waals surface area contributed by atoms with Crippen LogP contribution in [0.4, 0.5) is 0 Å². The highest BCUT2D eigenvalue weighted by Crippen LogP contribution is 2.41. The van der Waals surface area contributed by atoms with Crippen LogP contribution in [0.3, 0.4) is 0 Å². The molecule has 0 saturated carbocycles. The Balaban J connectivity index is 2.00. The Morgan fingerprint density at radius 3 is 2.79 bits per heavy atom. The summed E-state index contributed by atoms with van der Waals surface area (Å²) in [4.78, 5) is 2.26. The smallest absolute Gasteiger partial charge is 0.142 e. The van der Waals surface area contributed by atoms with Gasteiger partial charge in [-0.25, -0.2) is 0 Å². The number of halogens is 1. The van der Waals surface area contributed by atoms with E-state index in [-0.39, 0.29) is 12.6 Å². The summed E-state index contributed by atoms with van der Waals surface area (Å²) in [5.41, 5.74) is 2.07. The van der Waals surface area contributed by atoms with E-state index in [1.807, 2.05) is 13.0 Å². The van der Waals surface area contributed by atoms with Crippen molar-refractivity contribution in [3.8, 4) is 5.75 Å². The molecular weight excluding hydrogens is 266 g/mol. The van der Waals surface area contributed by atoms with Crippen LogP contribution in [0.5, 0.6) is 5.75 Å². The lowest BCUT2D eigenvalue weighted by molar-refractivity contribution is -0.0443. The molecule has 1 aromatic rings. The molecule has 3 rings (SSSR count). The van der Waals surface area contributed by atoms with Crippen LogP contribution in [0.15, 0.2) is 12.1 Å². The first kappa shape index (κ1) is 13.2. The fourth-order valence-corrected chi connectivity index (χ4v) is 3.23. The van der Waals surface area contributed by atoms with Crippen LogP contribution in [0.2, 0.25) is 5.02 Å². The second-order valence-corrected chi connectivity index (χ2v) is 5.54. The van der Waals surface area contributed by atoms with Crippen LogP contribution in [0.1, 0.15) is 17.2 Å². The average molecular weight is 284 g/mol. The molecule has 19 heavy (non-hydrogen) atoms. The molecule has 0 spiro atoms. The van der Waals surface area contributed by atoms with E-state index in [9.17, 15) is 5.11 Å². The molecule has 1 fully saturated rings. The van der Waals surface area contributed by atoms with Crippen molar-refractivity contribution in [2.75, 3.05) is 32.9 Å². The third kappa shape index (κ3) is 2.46. The van der Waals surface area contributed by atoms with Gasteiger partial charge in [0.25, 0.3) is 0 Å². The predicted octanol–water partition coefficient (Wildman–Crippen LogP) is 1.78. The molecule has 1 saturated heterocycles. The van der Waals surface area contributed by atoms with Gasteiger partial charge in [-0.05, 0) is 18.6 Å². The van der Waals surface area contributed by atoms with Gasteiger partial charge in [0.05, 0.1) is 24.3 Å². The van der Waals surface area contributed by atoms with Crippen molar-refractivity contribution < 1.29 is 14.6 Å². The first-order valence-corrected chi connectivity index (χ1v) is 6.97. The van der Waals surface area contributed by atoms with Gasteiger partial charge in [0.15, 0.2) is 0 Å². The predicted molar refractivity (Wildman–Crippen MR) is 72.8 cm³/mol. The number of ether oxygens (including phenoxy) is 2. The van der Waals surface area contributed by atoms with Crippen molar-refractivity contribution in [1.29, 1.82) is 0 Å². The van der Waals surface area contributed by atoms with Crippen molar-refractivity contribution in [2.24, 2.45) is 0 Å². The molecule has 2 aliphatic rings. The molecule has 0 bridgehead atoms. The molecule has 4 nitrogen and oxygen atoms in total. The van der Waals surface area contributed by atoms with Gasteiger partial charge in [0.2, 0.25) is 0 Å². The lowest BCUT2D eigenvalue weighted by Gasteiger charge is -2.40. The average Bonchev–Trinajstić information content (AvgIpc) is 2.39. The number of aliphatic hydroxyl groups excluding tert-OH is 1. The van der Waals surface area contributed by atoms with E-state index >= 15 is 0 Å². The second-order valence-electron chi connectivity index (χ2n) is 5.14. The standard InChI is InChI=1S/C14H18ClNO3/c1-9-6-10-13(16-2-4-18-5-3-16)12(17)8-19-14(10)11(15)7-9/h6-7,12-13,17H,2-5,8H2,1H3. The van der Waals surface area contributed by atoms with Crippen molar-refractivity contribution in [3.63, 3.8) is 0 Å². The Morgan fingerprint density at radius 2 is 2.05 bits per heavy atom. The molecule has 0 aromatic heterocycles. The topological polar surface area (TPSA) is 41.9 Å². The van der Waals surface area contributed by atoms with E-state index in [1.54, 1.807) is 0 Å². The second kappa shape index (κ2) is 5.29. The number of nitrogens with zero attached hydrogens (tertiary/aromatic N) is 1. The van der Waals surface area contributed by atoms with Crippen molar-refractivity contribution in [3.05, 3.63) is 28.3 Å². The highest BCUT2D eigenvalue weighted by atomic mass is 35.5. The van der Waals surface area contributed by atoms with E-state index in [0.717, 1.165) is 24.2 Å². The van der Waals surface area contributed by atoms with E-state index < -0.39 is 6.10 Å². The van der Waals surface area contributed by atoms with Crippen LogP contribution >= 0.6 is 11.6 Å². The molecular formula is C14H18ClNO3. The number of hydrogen-bond donors (Lipinski definition) is 1. The number of aliphatic hydroxyl groups is 1. The molecule has 1 aromatic carbocycles. The maximum atomic E-state index is 10.3. The van der Waals surface area contributed by atoms with Gasteiger partial charge in [0.1, 0.15) is 18.5 Å². The summed E-state index contributed by atoms with van der Waals surface area (Å²) < 4.78 is 11.0. The number of fused-ring (bicyclic) bond motifs is 1. The molecule has 104 valence electrons. The summed E-state index contributed by atoms with van der Waals surface area (Å²) in [7, 11) is 0. The highest BCUT2D eigenvalue weighted by molar-refractivity contribution is 6.32. The zero-order chi connectivity index (χ0) is 13.4. The molecule has 2 atom stereocenters. The largest absolute Gasteiger partial charge is 0.489 e. The SMILES string of the molecule is Cc1cc(Cl)c2c(c1)C(N1CCOCC1)C(O)CO2. The van der Waals surface area contributed by atoms with E-state index in [0.29, 0.717) is 24.0 Å². The fraction of sp³-hybridized carbons (Fsp3) is 0.571. The fourth-order valence-electron chi connectivity index (χ4n) is 2.89. The summed E-state index contributed by atoms with van der Waals surface area (Å²) >= 11 is 6.25. The lowest BCUT2D eigenvalue weighted by Crippen LogP contribution is -2.47. The third-order valence-electron chi connectivity index (χ3n) is 3.74. The molecule has 2 aliphatic heterocycles. The Kier molecular flexibility index (Phi) is 3.67. The van der Waals surface area contributed by atoms with E-state index in [4.69, 9.17) is 21.1 Å². The Bertz CT molecular complexity index is 474. The maximum Gasteiger partial charge on any atom is 0.142 e. The normalized spacial score (nSPS) is 27.7. The maximum absolute atomic E-state index is 10.3. The molecule has 0 amide bonds. The van der Waals surface area contributed by atoms with Gasteiger partial charge in [0, 0.05) is 18.7 Å². The van der Waals surface area contributed by atoms with Crippen LogP contribution < -0.4 is 4.74 Å². The number of hydrogen-bond acceptors (Lipinski definition) is 4. The number of aryl methyl sites for hydroxylation is 1. The number of rotatable bonds is 1. The van der Waals surface area contributed by atoms with Crippen LogP contribution in [0, 0.1) is 6.92 Å². The van der Waals surface area contributed by atoms with Gasteiger partial charge in [-0.2, -0.15) is 0 Å². The zero-order valence-corrected chi connectivity index (χ0v) is 11.7. The molecule has 1 N–H and O–H groups in total. The number of morpholine rings is 1. The van der Waals surface area contributed by atoms with Crippen molar-refractivity contribution in [2.45, 2.75) is 19.1 Å². The van der Waals surface area contributed by atoms with Crippen molar-refractivity contribution in [1.82, 2.24) is 4.90 Å². The minimum absolute atomic E-state index is 0.0509. The third-order valence-corrected chi connectivity index (χ3v) is 4.02. The first-order valence-electron chi connectivity index (χ1n) is 6.59. The molecule has 0 aliphatic carbocycles. The summed E-state index contributed by atoms with van der Waals surface area (Å²) in [5, 5.41) is 10.9. The van der Waals surface area contributed by atoms with Crippen molar-refractivity contribution >= 4 is 11.6 Å². The summed E-state index contributed by atoms with van der Waals surface area (Å²) in [6.07, 6.45) is -0.525. The van der Waals surface area contributed by atoms with Gasteiger partial charge in [-0.1, -0.05) is 17.7 Å². The molecule has 5 heteroatoms. The quantitative estimate of drug-likeness (QED) is 0.853. The van der Waals surface area contributed by atoms with E-state index in [1.165, 1.54) is 0 Å². The Labute approximate surface area is 117 Å². The Morgan fingerprint density at radius 1 is 1.32 bits per heavy atom. The van der Waals surface area contributed by atoms with Gasteiger partial charge in [-0.15, -0.1) is 0 Å². The molecule has 0 radical (unpaired) electrons. The lowest BCUT2D eigenvalue weighted by atomic mass is 9.94. The monoisotopic (exact) mass is 283 g/mol. The minimum atomic E-state index is -0.525. The summed E-state index contributed by atoms with van der Waals surface area (Å²) in [6, 6.07) is 3.91.